The molecule has 0 unspecified atom stereocenters. The fraction of sp³-hybridized carbons (Fsp3) is 0.400. The average molecular weight is 554 g/mol. The zero-order valence-corrected chi connectivity index (χ0v) is 21.6. The van der Waals surface area contributed by atoms with Gasteiger partial charge in [0.1, 0.15) is 11.9 Å². The normalized spacial score (nSPS) is 14.1. The third-order valence-electron chi connectivity index (χ3n) is 4.80. The Bertz CT molecular complexity index is 1060. The van der Waals surface area contributed by atoms with E-state index in [0.717, 1.165) is 28.0 Å². The number of pyridine rings is 1. The first-order valence-electron chi connectivity index (χ1n) is 10.0. The molecule has 0 radical (unpaired) electrons. The molecule has 10 nitrogen and oxygen atoms in total. The number of carbonyl (C=O) groups is 3. The number of thiazole rings is 1. The largest absolute Gasteiger partial charge is 0.369 e. The minimum atomic E-state index is -0.937. The van der Waals surface area contributed by atoms with Crippen molar-refractivity contribution in [3.63, 3.8) is 0 Å². The molecule has 2 aromatic heterocycles. The van der Waals surface area contributed by atoms with Crippen molar-refractivity contribution < 1.29 is 14.4 Å². The summed E-state index contributed by atoms with van der Waals surface area (Å²) in [5.74, 6) is -1.01. The number of thiocarbonyl (C=S) groups is 1. The van der Waals surface area contributed by atoms with Gasteiger partial charge in [0.2, 0.25) is 5.91 Å². The van der Waals surface area contributed by atoms with Crippen LogP contribution in [0, 0.1) is 0 Å². The second kappa shape index (κ2) is 11.1. The lowest BCUT2D eigenvalue weighted by atomic mass is 10.2. The van der Waals surface area contributed by atoms with Crippen LogP contribution in [0.25, 0.3) is 0 Å². The fourth-order valence-corrected chi connectivity index (χ4v) is 4.39. The van der Waals surface area contributed by atoms with Crippen LogP contribution in [0.2, 0.25) is 0 Å². The lowest BCUT2D eigenvalue weighted by Crippen LogP contribution is -2.53. The molecule has 0 aromatic carbocycles. The summed E-state index contributed by atoms with van der Waals surface area (Å²) in [6, 6.07) is 2.41. The number of carbonyl (C=O) groups excluding carboxylic acids is 3. The molecule has 3 amide bonds. The van der Waals surface area contributed by atoms with E-state index in [1.807, 2.05) is 7.05 Å². The first-order chi connectivity index (χ1) is 15.6. The van der Waals surface area contributed by atoms with Crippen LogP contribution < -0.4 is 16.0 Å². The van der Waals surface area contributed by atoms with E-state index in [4.69, 9.17) is 12.2 Å². The Morgan fingerprint density at radius 2 is 2.09 bits per heavy atom. The topological polar surface area (TPSA) is 120 Å². The molecular formula is C20H24BrN7O3S2. The van der Waals surface area contributed by atoms with E-state index < -0.39 is 17.9 Å². The van der Waals surface area contributed by atoms with Crippen molar-refractivity contribution >= 4 is 68.0 Å². The molecule has 0 aliphatic carbocycles. The van der Waals surface area contributed by atoms with Crippen LogP contribution in [0.1, 0.15) is 20.4 Å². The molecule has 0 bridgehead atoms. The van der Waals surface area contributed by atoms with Gasteiger partial charge in [-0.3, -0.25) is 14.4 Å². The van der Waals surface area contributed by atoms with Crippen molar-refractivity contribution in [1.29, 1.82) is 0 Å². The zero-order chi connectivity index (χ0) is 24.1. The van der Waals surface area contributed by atoms with Gasteiger partial charge < -0.3 is 25.8 Å². The van der Waals surface area contributed by atoms with Crippen LogP contribution >= 0.6 is 39.5 Å². The van der Waals surface area contributed by atoms with Gasteiger partial charge in [0, 0.05) is 49.3 Å². The summed E-state index contributed by atoms with van der Waals surface area (Å²) in [7, 11) is 5.18. The van der Waals surface area contributed by atoms with Gasteiger partial charge in [0.15, 0.2) is 10.00 Å². The number of nitrogens with zero attached hydrogens (tertiary/aromatic N) is 4. The Morgan fingerprint density at radius 1 is 1.33 bits per heavy atom. The number of nitrogens with one attached hydrogen (secondary N) is 3. The van der Waals surface area contributed by atoms with Crippen molar-refractivity contribution in [2.45, 2.75) is 19.0 Å². The van der Waals surface area contributed by atoms with Gasteiger partial charge in [-0.15, -0.1) is 11.3 Å². The van der Waals surface area contributed by atoms with Crippen molar-refractivity contribution in [1.82, 2.24) is 30.4 Å². The highest BCUT2D eigenvalue weighted by molar-refractivity contribution is 9.10. The van der Waals surface area contributed by atoms with E-state index in [1.54, 1.807) is 32.4 Å². The molecule has 3 N–H and O–H groups in total. The number of halogens is 1. The summed E-state index contributed by atoms with van der Waals surface area (Å²) in [5.41, 5.74) is 0.895. The molecule has 1 aliphatic heterocycles. The van der Waals surface area contributed by atoms with Gasteiger partial charge in [-0.05, 0) is 41.5 Å². The molecular weight excluding hydrogens is 530 g/mol. The zero-order valence-electron chi connectivity index (χ0n) is 18.3. The highest BCUT2D eigenvalue weighted by Gasteiger charge is 2.27. The molecule has 176 valence electrons. The lowest BCUT2D eigenvalue weighted by molar-refractivity contribution is -0.130. The second-order valence-corrected chi connectivity index (χ2v) is 10.1. The number of anilines is 1. The monoisotopic (exact) mass is 553 g/mol. The highest BCUT2D eigenvalue weighted by atomic mass is 79.9. The standard InChI is InChI=1S/C20H24BrN7O3S2/c1-27(2)20(31)12(9-23-18(32)16(29)26-15-5-4-11(21)8-22-15)24-17(30)19-25-13-10-28(3)7-6-14(13)33-19/h4-5,8,12H,6-7,9-10H2,1-3H3,(H,23,32)(H,24,30)(H,22,26,29)/t12-/m0/s1. The van der Waals surface area contributed by atoms with Crippen LogP contribution in [0.5, 0.6) is 0 Å². The smallest absolute Gasteiger partial charge is 0.284 e. The van der Waals surface area contributed by atoms with Gasteiger partial charge in [-0.1, -0.05) is 12.2 Å². The summed E-state index contributed by atoms with van der Waals surface area (Å²) in [5, 5.41) is 8.36. The maximum atomic E-state index is 12.8. The maximum Gasteiger partial charge on any atom is 0.284 e. The van der Waals surface area contributed by atoms with E-state index in [1.165, 1.54) is 16.2 Å². The number of hydrogen-bond donors (Lipinski definition) is 3. The van der Waals surface area contributed by atoms with E-state index in [2.05, 4.69) is 46.7 Å². The van der Waals surface area contributed by atoms with Gasteiger partial charge >= 0.3 is 0 Å². The number of rotatable bonds is 6. The summed E-state index contributed by atoms with van der Waals surface area (Å²) in [6.45, 7) is 1.55. The van der Waals surface area contributed by atoms with Crippen LogP contribution in [0.4, 0.5) is 5.82 Å². The third kappa shape index (κ3) is 6.76. The highest BCUT2D eigenvalue weighted by Crippen LogP contribution is 2.24. The summed E-state index contributed by atoms with van der Waals surface area (Å²) in [4.78, 5) is 50.8. The third-order valence-corrected chi connectivity index (χ3v) is 6.75. The Labute approximate surface area is 209 Å². The van der Waals surface area contributed by atoms with Crippen LogP contribution in [0.3, 0.4) is 0 Å². The Morgan fingerprint density at radius 3 is 2.76 bits per heavy atom. The van der Waals surface area contributed by atoms with Crippen molar-refractivity contribution in [3.05, 3.63) is 38.4 Å². The molecule has 2 aromatic rings. The predicted octanol–water partition coefficient (Wildman–Crippen LogP) is 1.03. The van der Waals surface area contributed by atoms with Crippen molar-refractivity contribution in [2.24, 2.45) is 0 Å². The molecule has 3 heterocycles. The number of aromatic nitrogens is 2. The van der Waals surface area contributed by atoms with E-state index in [-0.39, 0.29) is 17.4 Å². The molecule has 0 saturated carbocycles. The first-order valence-corrected chi connectivity index (χ1v) is 12.1. The lowest BCUT2D eigenvalue weighted by Gasteiger charge is -2.22. The van der Waals surface area contributed by atoms with Crippen LogP contribution in [-0.4, -0.2) is 82.8 Å². The van der Waals surface area contributed by atoms with Crippen LogP contribution in [0.15, 0.2) is 22.8 Å². The number of amides is 3. The molecule has 0 spiro atoms. The minimum absolute atomic E-state index is 0.0589. The fourth-order valence-electron chi connectivity index (χ4n) is 3.06. The van der Waals surface area contributed by atoms with Gasteiger partial charge in [0.25, 0.3) is 11.8 Å². The van der Waals surface area contributed by atoms with E-state index >= 15 is 0 Å². The van der Waals surface area contributed by atoms with Crippen LogP contribution in [-0.2, 0) is 22.6 Å². The Hall–Kier alpha value is -2.48. The SMILES string of the molecule is CN1CCc2sc(C(=O)N[C@@H](CNC(=S)C(=O)Nc3ccc(Br)cn3)C(=O)N(C)C)nc2C1. The number of likely N-dealkylation sites (N-methyl/N-ethyl adjacent to an activating group) is 2. The average Bonchev–Trinajstić information content (AvgIpc) is 3.20. The molecule has 33 heavy (non-hydrogen) atoms. The summed E-state index contributed by atoms with van der Waals surface area (Å²) >= 11 is 9.75. The Kier molecular flexibility index (Phi) is 8.46. The molecule has 0 fully saturated rings. The second-order valence-electron chi connectivity index (χ2n) is 7.66. The van der Waals surface area contributed by atoms with Crippen molar-refractivity contribution in [3.8, 4) is 0 Å². The van der Waals surface area contributed by atoms with Crippen molar-refractivity contribution in [2.75, 3.05) is 39.5 Å². The number of hydrogen-bond acceptors (Lipinski definition) is 8. The molecule has 1 atom stereocenters. The molecule has 13 heteroatoms. The van der Waals surface area contributed by atoms with Gasteiger partial charge in [-0.2, -0.15) is 0 Å². The number of fused-ring (bicyclic) bond motifs is 1. The van der Waals surface area contributed by atoms with Gasteiger partial charge in [0.05, 0.1) is 5.69 Å². The minimum Gasteiger partial charge on any atom is -0.369 e. The van der Waals surface area contributed by atoms with E-state index in [0.29, 0.717) is 17.4 Å². The quantitative estimate of drug-likeness (QED) is 0.454. The predicted molar refractivity (Wildman–Crippen MR) is 133 cm³/mol. The molecule has 1 aliphatic rings. The maximum absolute atomic E-state index is 12.8. The van der Waals surface area contributed by atoms with Gasteiger partial charge in [-0.25, -0.2) is 9.97 Å². The molecule has 0 saturated heterocycles. The molecule has 3 rings (SSSR count). The van der Waals surface area contributed by atoms with E-state index in [9.17, 15) is 14.4 Å². The Balaban J connectivity index is 1.62. The summed E-state index contributed by atoms with van der Waals surface area (Å²) < 4.78 is 0.773. The summed E-state index contributed by atoms with van der Waals surface area (Å²) in [6.07, 6.45) is 2.39. The first kappa shape index (κ1) is 25.1.